The molecule has 1 aromatic rings. The number of allylic oxidation sites excluding steroid dienone is 1. The molecule has 0 bridgehead atoms. The Balaban J connectivity index is 3.08. The number of Topliss-reactive ketones (excluding diaryl/α,β-unsaturated/α-hetero) is 1. The van der Waals surface area contributed by atoms with E-state index in [1.165, 1.54) is 38.0 Å². The Morgan fingerprint density at radius 3 is 2.17 bits per heavy atom. The summed E-state index contributed by atoms with van der Waals surface area (Å²) in [6, 6.07) is 5.57. The van der Waals surface area contributed by atoms with Crippen LogP contribution in [0.15, 0.2) is 36.4 Å². The Hall–Kier alpha value is -4.21. The van der Waals surface area contributed by atoms with Crippen molar-refractivity contribution in [2.24, 2.45) is 5.92 Å². The fraction of sp³-hybridized carbons (Fsp3) is 0.625. The number of hydrogen-bond acceptors (Lipinski definition) is 9. The lowest BCUT2D eigenvalue weighted by atomic mass is 9.82. The number of aliphatic hydroxyl groups is 1. The summed E-state index contributed by atoms with van der Waals surface area (Å²) in [5, 5.41) is 24.3. The minimum Gasteiger partial charge on any atom is -0.481 e. The number of rotatable bonds is 28. The summed E-state index contributed by atoms with van der Waals surface area (Å²) in [5.41, 5.74) is -2.19. The third-order valence-corrected chi connectivity index (χ3v) is 8.76. The van der Waals surface area contributed by atoms with Gasteiger partial charge in [-0.05, 0) is 50.3 Å². The SMILES string of the molecule is CC#CCOc1ccc(C[C@H](NC(=O)[C@@H](C=CCCCCCCC(=O)CCCCCCC)[C@@](O)(CC(=O)N(C)CCOC)C(=O)O)C(=O)OC)cc1. The number of aliphatic carboxylic acids is 1. The molecule has 1 aromatic carbocycles. The van der Waals surface area contributed by atoms with Crippen LogP contribution in [-0.4, -0.2) is 97.3 Å². The standard InChI is InChI=1S/C40H60N2O10/c1-6-8-10-13-16-19-32(43)20-17-14-11-12-15-18-21-34(40(49,39(47)48)30-36(44)42(3)26-28-50-4)37(45)41-35(38(46)51-5)29-31-22-24-33(25-23-31)52-27-9-7-2/h18,21-25,34-35,49H,6,8,10-17,19-20,26-30H2,1-5H3,(H,41,45)(H,47,48)/t34-,35+,40+/m1/s1. The van der Waals surface area contributed by atoms with Gasteiger partial charge in [0.1, 0.15) is 24.2 Å². The van der Waals surface area contributed by atoms with Gasteiger partial charge in [0, 0.05) is 40.0 Å². The smallest absolute Gasteiger partial charge is 0.337 e. The maximum Gasteiger partial charge on any atom is 0.337 e. The highest BCUT2D eigenvalue weighted by molar-refractivity contribution is 5.95. The fourth-order valence-corrected chi connectivity index (χ4v) is 5.47. The van der Waals surface area contributed by atoms with E-state index in [1.807, 2.05) is 0 Å². The van der Waals surface area contributed by atoms with Crippen molar-refractivity contribution in [3.05, 3.63) is 42.0 Å². The van der Waals surface area contributed by atoms with E-state index in [-0.39, 0.29) is 32.0 Å². The molecule has 0 aliphatic rings. The monoisotopic (exact) mass is 728 g/mol. The maximum absolute atomic E-state index is 13.8. The van der Waals surface area contributed by atoms with E-state index < -0.39 is 47.7 Å². The molecule has 1 rings (SSSR count). The Labute approximate surface area is 309 Å². The predicted molar refractivity (Wildman–Crippen MR) is 198 cm³/mol. The number of ketones is 1. The van der Waals surface area contributed by atoms with Crippen molar-refractivity contribution in [3.63, 3.8) is 0 Å². The molecular weight excluding hydrogens is 668 g/mol. The van der Waals surface area contributed by atoms with Crippen LogP contribution in [0.3, 0.4) is 0 Å². The molecule has 0 aliphatic carbocycles. The van der Waals surface area contributed by atoms with Gasteiger partial charge in [-0.1, -0.05) is 75.7 Å². The van der Waals surface area contributed by atoms with Crippen LogP contribution in [-0.2, 0) is 39.9 Å². The van der Waals surface area contributed by atoms with Crippen molar-refractivity contribution in [1.29, 1.82) is 0 Å². The number of likely N-dealkylation sites (N-methyl/N-ethyl adjacent to an activating group) is 1. The zero-order valence-electron chi connectivity index (χ0n) is 31.7. The van der Waals surface area contributed by atoms with Crippen molar-refractivity contribution in [2.45, 2.75) is 115 Å². The molecule has 0 heterocycles. The van der Waals surface area contributed by atoms with Crippen molar-refractivity contribution >= 4 is 29.5 Å². The number of benzene rings is 1. The van der Waals surface area contributed by atoms with E-state index in [4.69, 9.17) is 14.2 Å². The number of unbranched alkanes of at least 4 members (excludes halogenated alkanes) is 8. The number of carboxylic acid groups (broad SMARTS) is 1. The molecule has 3 atom stereocenters. The van der Waals surface area contributed by atoms with E-state index >= 15 is 0 Å². The number of ether oxygens (including phenoxy) is 3. The van der Waals surface area contributed by atoms with Crippen molar-refractivity contribution in [3.8, 4) is 17.6 Å². The van der Waals surface area contributed by atoms with Crippen LogP contribution in [0.4, 0.5) is 0 Å². The van der Waals surface area contributed by atoms with Crippen LogP contribution in [0.5, 0.6) is 5.75 Å². The van der Waals surface area contributed by atoms with Gasteiger partial charge in [0.15, 0.2) is 5.60 Å². The minimum atomic E-state index is -2.84. The van der Waals surface area contributed by atoms with Crippen LogP contribution >= 0.6 is 0 Å². The third-order valence-electron chi connectivity index (χ3n) is 8.76. The van der Waals surface area contributed by atoms with E-state index in [0.717, 1.165) is 45.6 Å². The molecule has 0 radical (unpaired) electrons. The fourth-order valence-electron chi connectivity index (χ4n) is 5.47. The number of methoxy groups -OCH3 is 2. The lowest BCUT2D eigenvalue weighted by molar-refractivity contribution is -0.171. The quantitative estimate of drug-likeness (QED) is 0.0460. The second-order valence-electron chi connectivity index (χ2n) is 12.9. The molecule has 0 fully saturated rings. The lowest BCUT2D eigenvalue weighted by Crippen LogP contribution is -2.56. The Morgan fingerprint density at radius 2 is 1.60 bits per heavy atom. The van der Waals surface area contributed by atoms with Gasteiger partial charge < -0.3 is 34.6 Å². The first-order valence-electron chi connectivity index (χ1n) is 18.3. The van der Waals surface area contributed by atoms with Gasteiger partial charge in [-0.15, -0.1) is 5.92 Å². The largest absolute Gasteiger partial charge is 0.481 e. The van der Waals surface area contributed by atoms with E-state index in [9.17, 15) is 34.2 Å². The van der Waals surface area contributed by atoms with Crippen LogP contribution in [0, 0.1) is 17.8 Å². The molecule has 0 saturated carbocycles. The summed E-state index contributed by atoms with van der Waals surface area (Å²) in [4.78, 5) is 65.7. The Morgan fingerprint density at radius 1 is 0.962 bits per heavy atom. The van der Waals surface area contributed by atoms with E-state index in [0.29, 0.717) is 37.0 Å². The lowest BCUT2D eigenvalue weighted by Gasteiger charge is -2.32. The first-order valence-corrected chi connectivity index (χ1v) is 18.3. The van der Waals surface area contributed by atoms with Gasteiger partial charge in [-0.3, -0.25) is 14.4 Å². The Kier molecular flexibility index (Phi) is 23.4. The molecule has 12 nitrogen and oxygen atoms in total. The number of esters is 1. The number of hydrogen-bond donors (Lipinski definition) is 3. The van der Waals surface area contributed by atoms with E-state index in [1.54, 1.807) is 37.3 Å². The molecule has 52 heavy (non-hydrogen) atoms. The maximum atomic E-state index is 13.8. The molecule has 0 saturated heterocycles. The summed E-state index contributed by atoms with van der Waals surface area (Å²) in [5.74, 6) is 0.435. The molecule has 290 valence electrons. The molecule has 0 aromatic heterocycles. The zero-order valence-corrected chi connectivity index (χ0v) is 31.7. The van der Waals surface area contributed by atoms with Gasteiger partial charge in [0.05, 0.1) is 26.1 Å². The van der Waals surface area contributed by atoms with Gasteiger partial charge in [0.25, 0.3) is 0 Å². The highest BCUT2D eigenvalue weighted by Gasteiger charge is 2.49. The van der Waals surface area contributed by atoms with E-state index in [2.05, 4.69) is 24.1 Å². The third kappa shape index (κ3) is 17.8. The number of nitrogens with one attached hydrogen (secondary N) is 1. The second kappa shape index (κ2) is 26.5. The number of amides is 2. The number of carboxylic acids is 1. The highest BCUT2D eigenvalue weighted by Crippen LogP contribution is 2.27. The minimum absolute atomic E-state index is 0.00452. The molecule has 3 N–H and O–H groups in total. The first-order chi connectivity index (χ1) is 24.9. The second-order valence-corrected chi connectivity index (χ2v) is 12.9. The normalized spacial score (nSPS) is 13.3. The molecule has 0 aliphatic heterocycles. The van der Waals surface area contributed by atoms with Gasteiger partial charge >= 0.3 is 11.9 Å². The van der Waals surface area contributed by atoms with Crippen molar-refractivity contribution in [1.82, 2.24) is 10.2 Å². The summed E-state index contributed by atoms with van der Waals surface area (Å²) < 4.78 is 15.5. The van der Waals surface area contributed by atoms with Gasteiger partial charge in [-0.25, -0.2) is 9.59 Å². The number of carbonyl (C=O) groups excluding carboxylic acids is 4. The molecule has 0 spiro atoms. The Bertz CT molecular complexity index is 1330. The first kappa shape index (κ1) is 45.8. The average Bonchev–Trinajstić information content (AvgIpc) is 3.12. The highest BCUT2D eigenvalue weighted by atomic mass is 16.5. The van der Waals surface area contributed by atoms with Crippen molar-refractivity contribution < 1.29 is 48.4 Å². The number of nitrogens with zero attached hydrogens (tertiary/aromatic N) is 1. The molecule has 12 heteroatoms. The van der Waals surface area contributed by atoms with Gasteiger partial charge in [0.2, 0.25) is 11.8 Å². The van der Waals surface area contributed by atoms with Crippen LogP contribution < -0.4 is 10.1 Å². The van der Waals surface area contributed by atoms with Crippen LogP contribution in [0.1, 0.15) is 103 Å². The predicted octanol–water partition coefficient (Wildman–Crippen LogP) is 5.04. The molecular formula is C40H60N2O10. The van der Waals surface area contributed by atoms with Crippen molar-refractivity contribution in [2.75, 3.05) is 41.0 Å². The summed E-state index contributed by atoms with van der Waals surface area (Å²) >= 11 is 0. The molecule has 0 unspecified atom stereocenters. The summed E-state index contributed by atoms with van der Waals surface area (Å²) in [7, 11) is 4.06. The topological polar surface area (TPSA) is 169 Å². The number of carbonyl (C=O) groups is 5. The van der Waals surface area contributed by atoms with Crippen LogP contribution in [0.25, 0.3) is 0 Å². The van der Waals surface area contributed by atoms with Crippen LogP contribution in [0.2, 0.25) is 0 Å². The summed E-state index contributed by atoms with van der Waals surface area (Å²) in [6.07, 6.45) is 12.3. The summed E-state index contributed by atoms with van der Waals surface area (Å²) in [6.45, 7) is 4.40. The zero-order chi connectivity index (χ0) is 38.8. The van der Waals surface area contributed by atoms with Gasteiger partial charge in [-0.2, -0.15) is 0 Å². The average molecular weight is 729 g/mol. The molecule has 2 amide bonds.